The van der Waals surface area contributed by atoms with E-state index in [4.69, 9.17) is 0 Å². The van der Waals surface area contributed by atoms with Crippen LogP contribution in [0.2, 0.25) is 6.55 Å². The smallest absolute Gasteiger partial charge is 0.205 e. The summed E-state index contributed by atoms with van der Waals surface area (Å²) in [7, 11) is -2.09. The van der Waals surface area contributed by atoms with E-state index < -0.39 is 20.3 Å². The van der Waals surface area contributed by atoms with Crippen molar-refractivity contribution in [3.63, 3.8) is 0 Å². The average molecular weight is 380 g/mol. The van der Waals surface area contributed by atoms with Gasteiger partial charge in [-0.05, 0) is 58.6 Å². The molecule has 16 heavy (non-hydrogen) atoms. The molecule has 7 heteroatoms. The number of thioether (sulfide) groups is 1. The van der Waals surface area contributed by atoms with Crippen LogP contribution in [0.4, 0.5) is 17.6 Å². The molecule has 1 aromatic rings. The Balaban J connectivity index is 2.84. The summed E-state index contributed by atoms with van der Waals surface area (Å²) in [6.45, 7) is 1.18. The molecule has 0 unspecified atom stereocenters. The number of rotatable bonds is 4. The first-order chi connectivity index (χ1) is 7.28. The molecule has 0 spiro atoms. The zero-order valence-electron chi connectivity index (χ0n) is 8.31. The van der Waals surface area contributed by atoms with E-state index in [-0.39, 0.29) is 16.7 Å². The molecule has 0 heterocycles. The molecule has 0 radical (unpaired) electrons. The highest BCUT2D eigenvalue weighted by Crippen LogP contribution is 2.46. The standard InChI is InChI=1S/C9H9F4ISSi/c1-16-9(12,13)8(10,11)15-7-4-2-6(14)3-5-7/h2-5H,16H2,1H3. The van der Waals surface area contributed by atoms with Crippen LogP contribution in [0.25, 0.3) is 0 Å². The third-order valence-corrected chi connectivity index (χ3v) is 5.30. The molecule has 90 valence electrons. The first-order valence-corrected chi connectivity index (χ1v) is 8.50. The second-order valence-corrected chi connectivity index (χ2v) is 7.16. The fourth-order valence-corrected chi connectivity index (χ4v) is 3.07. The Hall–Kier alpha value is 0.237. The van der Waals surface area contributed by atoms with Crippen LogP contribution < -0.4 is 0 Å². The lowest BCUT2D eigenvalue weighted by atomic mass is 10.4. The summed E-state index contributed by atoms with van der Waals surface area (Å²) < 4.78 is 53.3. The Morgan fingerprint density at radius 1 is 1.12 bits per heavy atom. The van der Waals surface area contributed by atoms with Gasteiger partial charge in [0.15, 0.2) is 0 Å². The van der Waals surface area contributed by atoms with Crippen molar-refractivity contribution in [2.45, 2.75) is 22.2 Å². The summed E-state index contributed by atoms with van der Waals surface area (Å²) in [5.41, 5.74) is -3.85. The molecule has 1 aromatic carbocycles. The monoisotopic (exact) mass is 380 g/mol. The summed E-state index contributed by atoms with van der Waals surface area (Å²) in [5.74, 6) is 0. The van der Waals surface area contributed by atoms with E-state index in [0.29, 0.717) is 0 Å². The van der Waals surface area contributed by atoms with Gasteiger partial charge in [-0.15, -0.1) is 0 Å². The van der Waals surface area contributed by atoms with Crippen LogP contribution in [0.3, 0.4) is 0 Å². The van der Waals surface area contributed by atoms with E-state index in [1.807, 2.05) is 22.6 Å². The summed E-state index contributed by atoms with van der Waals surface area (Å²) in [6, 6.07) is 6.07. The van der Waals surface area contributed by atoms with Crippen molar-refractivity contribution in [3.05, 3.63) is 27.8 Å². The Kier molecular flexibility index (Phi) is 4.70. The van der Waals surface area contributed by atoms with Crippen LogP contribution in [0, 0.1) is 3.57 Å². The first-order valence-electron chi connectivity index (χ1n) is 4.49. The molecule has 0 atom stereocenters. The van der Waals surface area contributed by atoms with Gasteiger partial charge in [-0.3, -0.25) is 0 Å². The minimum atomic E-state index is -4.01. The van der Waals surface area contributed by atoms with Gasteiger partial charge in [0.05, 0.1) is 0 Å². The van der Waals surface area contributed by atoms with Crippen molar-refractivity contribution in [1.82, 2.24) is 0 Å². The third kappa shape index (κ3) is 3.36. The molecular formula is C9H9F4ISSi. The predicted molar refractivity (Wildman–Crippen MR) is 69.3 cm³/mol. The van der Waals surface area contributed by atoms with Gasteiger partial charge in [0.2, 0.25) is 0 Å². The van der Waals surface area contributed by atoms with Gasteiger partial charge < -0.3 is 0 Å². The highest BCUT2D eigenvalue weighted by atomic mass is 127. The Labute approximate surface area is 111 Å². The van der Waals surface area contributed by atoms with E-state index in [1.54, 1.807) is 12.1 Å². The minimum Gasteiger partial charge on any atom is -0.205 e. The van der Waals surface area contributed by atoms with E-state index in [2.05, 4.69) is 0 Å². The van der Waals surface area contributed by atoms with Crippen molar-refractivity contribution < 1.29 is 17.6 Å². The lowest BCUT2D eigenvalue weighted by Crippen LogP contribution is -2.41. The second-order valence-electron chi connectivity index (χ2n) is 3.13. The zero-order chi connectivity index (χ0) is 12.4. The minimum absolute atomic E-state index is 0.0658. The molecule has 0 N–H and O–H groups in total. The molecule has 0 aliphatic heterocycles. The van der Waals surface area contributed by atoms with Gasteiger partial charge in [-0.25, -0.2) is 8.78 Å². The first kappa shape index (κ1) is 14.3. The summed E-state index contributed by atoms with van der Waals surface area (Å²) in [4.78, 5) is 0.160. The van der Waals surface area contributed by atoms with Crippen molar-refractivity contribution in [1.29, 1.82) is 0 Å². The molecule has 0 nitrogen and oxygen atoms in total. The lowest BCUT2D eigenvalue weighted by Gasteiger charge is -2.24. The SMILES string of the molecule is C[SiH2]C(F)(F)C(F)(F)Sc1ccc(I)cc1. The molecule has 0 saturated carbocycles. The van der Waals surface area contributed by atoms with Crippen molar-refractivity contribution in [3.8, 4) is 0 Å². The molecule has 0 aliphatic carbocycles. The molecule has 0 aliphatic rings. The quantitative estimate of drug-likeness (QED) is 0.332. The molecule has 0 aromatic heterocycles. The van der Waals surface area contributed by atoms with Gasteiger partial charge >= 0.3 is 5.25 Å². The van der Waals surface area contributed by atoms with Crippen molar-refractivity contribution in [2.24, 2.45) is 0 Å². The highest BCUT2D eigenvalue weighted by Gasteiger charge is 2.55. The highest BCUT2D eigenvalue weighted by molar-refractivity contribution is 14.1. The normalized spacial score (nSPS) is 13.6. The Morgan fingerprint density at radius 2 is 1.62 bits per heavy atom. The van der Waals surface area contributed by atoms with Crippen LogP contribution >= 0.6 is 34.4 Å². The topological polar surface area (TPSA) is 0 Å². The van der Waals surface area contributed by atoms with E-state index in [1.165, 1.54) is 18.7 Å². The van der Waals surface area contributed by atoms with Crippen LogP contribution in [0.1, 0.15) is 0 Å². The van der Waals surface area contributed by atoms with E-state index in [0.717, 1.165) is 3.57 Å². The lowest BCUT2D eigenvalue weighted by molar-refractivity contribution is -0.0927. The predicted octanol–water partition coefficient (Wildman–Crippen LogP) is 3.79. The Morgan fingerprint density at radius 3 is 2.06 bits per heavy atom. The van der Waals surface area contributed by atoms with Gasteiger partial charge in [-0.1, -0.05) is 6.55 Å². The van der Waals surface area contributed by atoms with Crippen molar-refractivity contribution >= 4 is 43.9 Å². The van der Waals surface area contributed by atoms with Crippen LogP contribution in [0.5, 0.6) is 0 Å². The maximum atomic E-state index is 13.2. The summed E-state index contributed by atoms with van der Waals surface area (Å²) in [5, 5.41) is -4.01. The van der Waals surface area contributed by atoms with E-state index >= 15 is 0 Å². The Bertz CT molecular complexity index is 355. The number of halogens is 5. The fraction of sp³-hybridized carbons (Fsp3) is 0.333. The molecular weight excluding hydrogens is 371 g/mol. The van der Waals surface area contributed by atoms with Crippen molar-refractivity contribution in [2.75, 3.05) is 0 Å². The van der Waals surface area contributed by atoms with Gasteiger partial charge in [0.1, 0.15) is 9.52 Å². The van der Waals surface area contributed by atoms with Gasteiger partial charge in [0.25, 0.3) is 5.55 Å². The number of benzene rings is 1. The third-order valence-electron chi connectivity index (χ3n) is 1.93. The van der Waals surface area contributed by atoms with Crippen LogP contribution in [-0.2, 0) is 0 Å². The van der Waals surface area contributed by atoms with Gasteiger partial charge in [0, 0.05) is 8.47 Å². The maximum Gasteiger partial charge on any atom is 0.355 e. The molecule has 0 bridgehead atoms. The van der Waals surface area contributed by atoms with E-state index in [9.17, 15) is 17.6 Å². The van der Waals surface area contributed by atoms with Crippen LogP contribution in [0.15, 0.2) is 29.2 Å². The maximum absolute atomic E-state index is 13.2. The zero-order valence-corrected chi connectivity index (χ0v) is 12.7. The number of alkyl halides is 4. The fourth-order valence-electron chi connectivity index (χ4n) is 0.931. The summed E-state index contributed by atoms with van der Waals surface area (Å²) in [6.07, 6.45) is 0. The summed E-state index contributed by atoms with van der Waals surface area (Å²) >= 11 is 1.95. The number of hydrogen-bond donors (Lipinski definition) is 0. The van der Waals surface area contributed by atoms with Crippen LogP contribution in [-0.4, -0.2) is 20.3 Å². The molecule has 0 saturated heterocycles. The molecule has 0 amide bonds. The van der Waals surface area contributed by atoms with Gasteiger partial charge in [-0.2, -0.15) is 8.78 Å². The second kappa shape index (κ2) is 5.26. The molecule has 1 rings (SSSR count). The number of hydrogen-bond acceptors (Lipinski definition) is 1. The largest absolute Gasteiger partial charge is 0.355 e. The molecule has 0 fully saturated rings. The average Bonchev–Trinajstić information content (AvgIpc) is 2.21.